The van der Waals surface area contributed by atoms with E-state index in [9.17, 15) is 0 Å². The Morgan fingerprint density at radius 2 is 2.00 bits per heavy atom. The summed E-state index contributed by atoms with van der Waals surface area (Å²) >= 11 is 0. The molecule has 2 heterocycles. The third-order valence-electron chi connectivity index (χ3n) is 3.00. The lowest BCUT2D eigenvalue weighted by atomic mass is 10.2. The summed E-state index contributed by atoms with van der Waals surface area (Å²) in [6.45, 7) is 2.01. The van der Waals surface area contributed by atoms with Gasteiger partial charge < -0.3 is 10.3 Å². The van der Waals surface area contributed by atoms with E-state index in [1.807, 2.05) is 54.5 Å². The van der Waals surface area contributed by atoms with E-state index < -0.39 is 0 Å². The fourth-order valence-corrected chi connectivity index (χ4v) is 1.92. The predicted octanol–water partition coefficient (Wildman–Crippen LogP) is 2.55. The van der Waals surface area contributed by atoms with Crippen LogP contribution in [0.25, 0.3) is 11.4 Å². The largest absolute Gasteiger partial charge is 0.399 e. The second-order valence-corrected chi connectivity index (χ2v) is 4.27. The summed E-state index contributed by atoms with van der Waals surface area (Å²) in [5.74, 6) is 0. The molecule has 3 rings (SSSR count). The van der Waals surface area contributed by atoms with Crippen molar-refractivity contribution in [3.8, 4) is 11.4 Å². The van der Waals surface area contributed by atoms with E-state index in [4.69, 9.17) is 5.73 Å². The summed E-state index contributed by atoms with van der Waals surface area (Å²) in [4.78, 5) is 0. The first-order chi connectivity index (χ1) is 8.74. The lowest BCUT2D eigenvalue weighted by Gasteiger charge is -2.06. The molecule has 4 heteroatoms. The van der Waals surface area contributed by atoms with Crippen LogP contribution in [0, 0.1) is 6.92 Å². The van der Waals surface area contributed by atoms with Gasteiger partial charge in [-0.05, 0) is 42.8 Å². The van der Waals surface area contributed by atoms with E-state index in [2.05, 4.69) is 15.7 Å². The highest BCUT2D eigenvalue weighted by Gasteiger charge is 2.02. The van der Waals surface area contributed by atoms with Gasteiger partial charge >= 0.3 is 0 Å². The highest BCUT2D eigenvalue weighted by atomic mass is 15.3. The minimum absolute atomic E-state index is 0.818. The number of benzene rings is 1. The summed E-state index contributed by atoms with van der Waals surface area (Å²) in [7, 11) is 0. The van der Waals surface area contributed by atoms with Crippen LogP contribution >= 0.6 is 0 Å². The predicted molar refractivity (Wildman–Crippen MR) is 72.0 cm³/mol. The Balaban J connectivity index is 2.00. The van der Waals surface area contributed by atoms with Gasteiger partial charge in [-0.1, -0.05) is 0 Å². The van der Waals surface area contributed by atoms with E-state index in [1.165, 1.54) is 0 Å². The van der Waals surface area contributed by atoms with Crippen LogP contribution in [0.3, 0.4) is 0 Å². The lowest BCUT2D eigenvalue weighted by molar-refractivity contribution is 0.878. The molecule has 4 nitrogen and oxygen atoms in total. The third-order valence-corrected chi connectivity index (χ3v) is 3.00. The van der Waals surface area contributed by atoms with Crippen LogP contribution in [0.1, 0.15) is 5.56 Å². The molecule has 1 aromatic carbocycles. The van der Waals surface area contributed by atoms with Crippen LogP contribution in [0.2, 0.25) is 0 Å². The molecule has 0 fully saturated rings. The first-order valence-electron chi connectivity index (χ1n) is 5.78. The molecular weight excluding hydrogens is 224 g/mol. The van der Waals surface area contributed by atoms with Gasteiger partial charge in [0.05, 0.1) is 5.69 Å². The molecule has 0 saturated heterocycles. The first-order valence-corrected chi connectivity index (χ1v) is 5.78. The standard InChI is InChI=1S/C14H14N4/c1-11-9-12(3-4-14(11)15)17-8-5-13(10-17)18-7-2-6-16-18/h2-10H,15H2,1H3. The van der Waals surface area contributed by atoms with E-state index in [1.54, 1.807) is 6.20 Å². The second-order valence-electron chi connectivity index (χ2n) is 4.27. The van der Waals surface area contributed by atoms with E-state index >= 15 is 0 Å². The number of nitrogens with zero attached hydrogens (tertiary/aromatic N) is 3. The number of hydrogen-bond acceptors (Lipinski definition) is 2. The van der Waals surface area contributed by atoms with Gasteiger partial charge in [-0.2, -0.15) is 5.10 Å². The Hall–Kier alpha value is -2.49. The van der Waals surface area contributed by atoms with Crippen molar-refractivity contribution >= 4 is 5.69 Å². The first kappa shape index (κ1) is 10.7. The topological polar surface area (TPSA) is 48.8 Å². The molecule has 0 spiro atoms. The fourth-order valence-electron chi connectivity index (χ4n) is 1.92. The molecule has 3 aromatic rings. The average Bonchev–Trinajstić information content (AvgIpc) is 3.01. The van der Waals surface area contributed by atoms with Crippen LogP contribution in [-0.4, -0.2) is 14.3 Å². The van der Waals surface area contributed by atoms with Gasteiger partial charge in [-0.3, -0.25) is 0 Å². The number of aryl methyl sites for hydroxylation is 1. The number of anilines is 1. The van der Waals surface area contributed by atoms with Crippen molar-refractivity contribution in [2.24, 2.45) is 0 Å². The minimum atomic E-state index is 0.818. The van der Waals surface area contributed by atoms with Gasteiger partial charge in [0.15, 0.2) is 0 Å². The molecule has 0 radical (unpaired) electrons. The monoisotopic (exact) mass is 238 g/mol. The van der Waals surface area contributed by atoms with Crippen molar-refractivity contribution in [1.29, 1.82) is 0 Å². The molecule has 0 unspecified atom stereocenters. The average molecular weight is 238 g/mol. The van der Waals surface area contributed by atoms with Crippen molar-refractivity contribution in [1.82, 2.24) is 14.3 Å². The van der Waals surface area contributed by atoms with E-state index in [0.29, 0.717) is 0 Å². The normalized spacial score (nSPS) is 10.7. The SMILES string of the molecule is Cc1cc(-n2ccc(-n3cccn3)c2)ccc1N. The van der Waals surface area contributed by atoms with Gasteiger partial charge in [0, 0.05) is 36.2 Å². The molecule has 2 N–H and O–H groups in total. The number of rotatable bonds is 2. The Morgan fingerprint density at radius 1 is 1.11 bits per heavy atom. The molecule has 18 heavy (non-hydrogen) atoms. The number of hydrogen-bond donors (Lipinski definition) is 1. The van der Waals surface area contributed by atoms with Crippen molar-refractivity contribution in [2.75, 3.05) is 5.73 Å². The minimum Gasteiger partial charge on any atom is -0.399 e. The maximum absolute atomic E-state index is 5.83. The Bertz CT molecular complexity index is 665. The quantitative estimate of drug-likeness (QED) is 0.697. The highest BCUT2D eigenvalue weighted by Crippen LogP contribution is 2.18. The molecule has 90 valence electrons. The molecule has 0 aliphatic rings. The summed E-state index contributed by atoms with van der Waals surface area (Å²) in [6.07, 6.45) is 7.75. The summed E-state index contributed by atoms with van der Waals surface area (Å²) in [5, 5.41) is 4.21. The Labute approximate surface area is 105 Å². The lowest BCUT2D eigenvalue weighted by Crippen LogP contribution is -1.95. The molecule has 0 bridgehead atoms. The maximum Gasteiger partial charge on any atom is 0.0826 e. The van der Waals surface area contributed by atoms with Crippen LogP contribution < -0.4 is 5.73 Å². The van der Waals surface area contributed by atoms with Crippen molar-refractivity contribution in [2.45, 2.75) is 6.92 Å². The molecule has 0 saturated carbocycles. The Kier molecular flexibility index (Phi) is 2.41. The molecular formula is C14H14N4. The highest BCUT2D eigenvalue weighted by molar-refractivity contribution is 5.52. The van der Waals surface area contributed by atoms with Crippen molar-refractivity contribution in [3.63, 3.8) is 0 Å². The molecule has 0 aliphatic heterocycles. The fraction of sp³-hybridized carbons (Fsp3) is 0.0714. The Morgan fingerprint density at radius 3 is 2.72 bits per heavy atom. The zero-order valence-corrected chi connectivity index (χ0v) is 10.1. The number of aromatic nitrogens is 3. The van der Waals surface area contributed by atoms with Gasteiger partial charge in [0.2, 0.25) is 0 Å². The van der Waals surface area contributed by atoms with Crippen LogP contribution in [-0.2, 0) is 0 Å². The van der Waals surface area contributed by atoms with Crippen LogP contribution in [0.15, 0.2) is 55.1 Å². The summed E-state index contributed by atoms with van der Waals surface area (Å²) in [6, 6.07) is 9.94. The molecule has 2 aromatic heterocycles. The maximum atomic E-state index is 5.83. The van der Waals surface area contributed by atoms with E-state index in [-0.39, 0.29) is 0 Å². The van der Waals surface area contributed by atoms with Crippen LogP contribution in [0.5, 0.6) is 0 Å². The molecule has 0 aliphatic carbocycles. The van der Waals surface area contributed by atoms with Crippen molar-refractivity contribution < 1.29 is 0 Å². The summed E-state index contributed by atoms with van der Waals surface area (Å²) < 4.78 is 3.89. The number of nitrogens with two attached hydrogens (primary N) is 1. The van der Waals surface area contributed by atoms with Gasteiger partial charge in [-0.25, -0.2) is 4.68 Å². The third kappa shape index (κ3) is 1.78. The second kappa shape index (κ2) is 4.07. The summed E-state index contributed by atoms with van der Waals surface area (Å²) in [5.41, 5.74) is 9.86. The molecule has 0 atom stereocenters. The van der Waals surface area contributed by atoms with Crippen LogP contribution in [0.4, 0.5) is 5.69 Å². The van der Waals surface area contributed by atoms with Crippen molar-refractivity contribution in [3.05, 3.63) is 60.7 Å². The van der Waals surface area contributed by atoms with Gasteiger partial charge in [0.1, 0.15) is 0 Å². The zero-order valence-electron chi connectivity index (χ0n) is 10.1. The molecule has 0 amide bonds. The van der Waals surface area contributed by atoms with Gasteiger partial charge in [0.25, 0.3) is 0 Å². The number of nitrogen functional groups attached to an aromatic ring is 1. The smallest absolute Gasteiger partial charge is 0.0826 e. The van der Waals surface area contributed by atoms with E-state index in [0.717, 1.165) is 22.6 Å². The zero-order chi connectivity index (χ0) is 12.5. The van der Waals surface area contributed by atoms with Gasteiger partial charge in [-0.15, -0.1) is 0 Å².